The Hall–Kier alpha value is -1.97. The third kappa shape index (κ3) is 4.96. The standard InChI is InChI=1S/C20H23ClN4O3S/c21-18-5-6-20-23-19(14-24(20)13-18)12-22-11-16-3-1-2-4-17(16)15-29(26,27)25-7-9-28-10-8-25/h1-6,13-14,22H,7-12,15H2. The first-order valence-corrected chi connectivity index (χ1v) is 11.5. The molecule has 1 aliphatic rings. The van der Waals surface area contributed by atoms with Gasteiger partial charge in [0.05, 0.1) is 29.7 Å². The Labute approximate surface area is 175 Å². The van der Waals surface area contributed by atoms with Crippen molar-refractivity contribution in [3.63, 3.8) is 0 Å². The molecule has 9 heteroatoms. The molecule has 3 heterocycles. The summed E-state index contributed by atoms with van der Waals surface area (Å²) >= 11 is 6.01. The van der Waals surface area contributed by atoms with Crippen molar-refractivity contribution in [2.45, 2.75) is 18.8 Å². The molecular weight excluding hydrogens is 412 g/mol. The van der Waals surface area contributed by atoms with Crippen LogP contribution in [0.1, 0.15) is 16.8 Å². The van der Waals surface area contributed by atoms with E-state index in [9.17, 15) is 8.42 Å². The van der Waals surface area contributed by atoms with Gasteiger partial charge in [-0.05, 0) is 23.3 Å². The van der Waals surface area contributed by atoms with Crippen LogP contribution >= 0.6 is 11.6 Å². The maximum absolute atomic E-state index is 12.8. The molecule has 0 bridgehead atoms. The van der Waals surface area contributed by atoms with E-state index in [0.29, 0.717) is 44.4 Å². The number of sulfonamides is 1. The molecule has 0 aliphatic carbocycles. The van der Waals surface area contributed by atoms with Crippen molar-refractivity contribution in [1.82, 2.24) is 19.0 Å². The predicted molar refractivity (Wildman–Crippen MR) is 112 cm³/mol. The van der Waals surface area contributed by atoms with Gasteiger partial charge in [0.1, 0.15) is 5.65 Å². The zero-order valence-electron chi connectivity index (χ0n) is 15.9. The van der Waals surface area contributed by atoms with E-state index >= 15 is 0 Å². The molecule has 29 heavy (non-hydrogen) atoms. The van der Waals surface area contributed by atoms with Crippen LogP contribution in [0.15, 0.2) is 48.8 Å². The lowest BCUT2D eigenvalue weighted by Crippen LogP contribution is -2.41. The van der Waals surface area contributed by atoms with Gasteiger partial charge in [-0.25, -0.2) is 13.4 Å². The van der Waals surface area contributed by atoms with Crippen LogP contribution in [-0.2, 0) is 33.6 Å². The Morgan fingerprint density at radius 2 is 1.79 bits per heavy atom. The Kier molecular flexibility index (Phi) is 6.17. The largest absolute Gasteiger partial charge is 0.379 e. The fourth-order valence-electron chi connectivity index (χ4n) is 3.41. The molecule has 1 N–H and O–H groups in total. The van der Waals surface area contributed by atoms with Crippen LogP contribution in [-0.4, -0.2) is 48.4 Å². The van der Waals surface area contributed by atoms with Gasteiger partial charge in [-0.1, -0.05) is 35.9 Å². The maximum atomic E-state index is 12.8. The number of benzene rings is 1. The van der Waals surface area contributed by atoms with Crippen LogP contribution in [0.5, 0.6) is 0 Å². The summed E-state index contributed by atoms with van der Waals surface area (Å²) in [5.41, 5.74) is 3.51. The van der Waals surface area contributed by atoms with Crippen LogP contribution in [0.4, 0.5) is 0 Å². The lowest BCUT2D eigenvalue weighted by atomic mass is 10.1. The van der Waals surface area contributed by atoms with Crippen LogP contribution in [0.25, 0.3) is 5.65 Å². The highest BCUT2D eigenvalue weighted by Crippen LogP contribution is 2.17. The lowest BCUT2D eigenvalue weighted by Gasteiger charge is -2.26. The smallest absolute Gasteiger partial charge is 0.218 e. The second-order valence-corrected chi connectivity index (χ2v) is 9.39. The molecule has 7 nitrogen and oxygen atoms in total. The van der Waals surface area contributed by atoms with Gasteiger partial charge in [0.2, 0.25) is 10.0 Å². The summed E-state index contributed by atoms with van der Waals surface area (Å²) in [7, 11) is -3.36. The summed E-state index contributed by atoms with van der Waals surface area (Å²) in [5, 5.41) is 4.02. The summed E-state index contributed by atoms with van der Waals surface area (Å²) < 4.78 is 34.2. The van der Waals surface area contributed by atoms with Gasteiger partial charge >= 0.3 is 0 Å². The van der Waals surface area contributed by atoms with Crippen molar-refractivity contribution in [2.75, 3.05) is 26.3 Å². The molecule has 3 aromatic rings. The summed E-state index contributed by atoms with van der Waals surface area (Å²) in [4.78, 5) is 4.56. The Bertz CT molecular complexity index is 1090. The highest BCUT2D eigenvalue weighted by molar-refractivity contribution is 7.88. The average Bonchev–Trinajstić information content (AvgIpc) is 3.11. The quantitative estimate of drug-likeness (QED) is 0.618. The zero-order chi connectivity index (χ0) is 20.3. The van der Waals surface area contributed by atoms with Crippen molar-refractivity contribution < 1.29 is 13.2 Å². The van der Waals surface area contributed by atoms with Crippen LogP contribution in [0.2, 0.25) is 5.02 Å². The number of hydrogen-bond acceptors (Lipinski definition) is 5. The minimum Gasteiger partial charge on any atom is -0.379 e. The highest BCUT2D eigenvalue weighted by atomic mass is 35.5. The maximum Gasteiger partial charge on any atom is 0.218 e. The Balaban J connectivity index is 1.41. The Morgan fingerprint density at radius 1 is 1.03 bits per heavy atom. The molecule has 0 unspecified atom stereocenters. The van der Waals surface area contributed by atoms with E-state index in [-0.39, 0.29) is 5.75 Å². The second-order valence-electron chi connectivity index (χ2n) is 6.98. The van der Waals surface area contributed by atoms with Gasteiger partial charge in [0.15, 0.2) is 0 Å². The normalized spacial score (nSPS) is 15.8. The molecule has 0 radical (unpaired) electrons. The number of hydrogen-bond donors (Lipinski definition) is 1. The van der Waals surface area contributed by atoms with Crippen LogP contribution in [0, 0.1) is 0 Å². The lowest BCUT2D eigenvalue weighted by molar-refractivity contribution is 0.0729. The number of aromatic nitrogens is 2. The van der Waals surface area contributed by atoms with Crippen molar-refractivity contribution in [3.05, 3.63) is 70.6 Å². The first-order chi connectivity index (χ1) is 14.0. The van der Waals surface area contributed by atoms with E-state index < -0.39 is 10.0 Å². The van der Waals surface area contributed by atoms with Crippen molar-refractivity contribution in [1.29, 1.82) is 0 Å². The molecule has 0 spiro atoms. The van der Waals surface area contributed by atoms with Gasteiger partial charge < -0.3 is 14.5 Å². The fraction of sp³-hybridized carbons (Fsp3) is 0.350. The number of imidazole rings is 1. The molecule has 4 rings (SSSR count). The second kappa shape index (κ2) is 8.81. The molecule has 154 valence electrons. The van der Waals surface area contributed by atoms with Crippen molar-refractivity contribution >= 4 is 27.3 Å². The van der Waals surface area contributed by atoms with E-state index in [1.165, 1.54) is 4.31 Å². The van der Waals surface area contributed by atoms with Gasteiger partial charge in [0.25, 0.3) is 0 Å². The Morgan fingerprint density at radius 3 is 2.59 bits per heavy atom. The fourth-order valence-corrected chi connectivity index (χ4v) is 5.14. The molecule has 0 saturated carbocycles. The number of nitrogens with zero attached hydrogens (tertiary/aromatic N) is 3. The number of fused-ring (bicyclic) bond motifs is 1. The molecule has 0 atom stereocenters. The molecular formula is C20H23ClN4O3S. The van der Waals surface area contributed by atoms with E-state index in [2.05, 4.69) is 10.3 Å². The minimum absolute atomic E-state index is 0.00226. The first-order valence-electron chi connectivity index (χ1n) is 9.47. The molecule has 1 saturated heterocycles. The molecule has 1 aromatic carbocycles. The monoisotopic (exact) mass is 434 g/mol. The van der Waals surface area contributed by atoms with Crippen molar-refractivity contribution in [3.8, 4) is 0 Å². The number of morpholine rings is 1. The summed E-state index contributed by atoms with van der Waals surface area (Å²) in [6, 6.07) is 11.3. The number of nitrogens with one attached hydrogen (secondary N) is 1. The van der Waals surface area contributed by atoms with Gasteiger partial charge in [-0.2, -0.15) is 4.31 Å². The topological polar surface area (TPSA) is 75.9 Å². The average molecular weight is 435 g/mol. The first kappa shape index (κ1) is 20.3. The van der Waals surface area contributed by atoms with Crippen LogP contribution < -0.4 is 5.32 Å². The predicted octanol–water partition coefficient (Wildman–Crippen LogP) is 2.44. The summed E-state index contributed by atoms with van der Waals surface area (Å²) in [5.74, 6) is -0.00226. The SMILES string of the molecule is O=S(=O)(Cc1ccccc1CNCc1cn2cc(Cl)ccc2n1)N1CCOCC1. The molecule has 1 fully saturated rings. The van der Waals surface area contributed by atoms with Gasteiger partial charge in [-0.3, -0.25) is 0 Å². The molecule has 0 amide bonds. The van der Waals surface area contributed by atoms with E-state index in [1.807, 2.05) is 53.2 Å². The van der Waals surface area contributed by atoms with E-state index in [0.717, 1.165) is 22.5 Å². The molecule has 1 aliphatic heterocycles. The van der Waals surface area contributed by atoms with Gasteiger partial charge in [-0.15, -0.1) is 0 Å². The third-order valence-corrected chi connectivity index (χ3v) is 6.96. The number of rotatable bonds is 7. The number of ether oxygens (including phenoxy) is 1. The summed E-state index contributed by atoms with van der Waals surface area (Å²) in [6.07, 6.45) is 3.75. The summed E-state index contributed by atoms with van der Waals surface area (Å²) in [6.45, 7) is 2.87. The highest BCUT2D eigenvalue weighted by Gasteiger charge is 2.25. The van der Waals surface area contributed by atoms with E-state index in [1.54, 1.807) is 0 Å². The number of pyridine rings is 1. The molecule has 2 aromatic heterocycles. The minimum atomic E-state index is -3.36. The third-order valence-electron chi connectivity index (χ3n) is 4.91. The zero-order valence-corrected chi connectivity index (χ0v) is 17.5. The van der Waals surface area contributed by atoms with Crippen molar-refractivity contribution in [2.24, 2.45) is 0 Å². The van der Waals surface area contributed by atoms with E-state index in [4.69, 9.17) is 16.3 Å². The van der Waals surface area contributed by atoms with Gasteiger partial charge in [0, 0.05) is 38.6 Å². The number of halogens is 1. The van der Waals surface area contributed by atoms with Crippen LogP contribution in [0.3, 0.4) is 0 Å².